The summed E-state index contributed by atoms with van der Waals surface area (Å²) in [6.45, 7) is 0. The number of allylic oxidation sites excluding steroid dienone is 1. The highest BCUT2D eigenvalue weighted by Gasteiger charge is 2.29. The van der Waals surface area contributed by atoms with E-state index >= 15 is 0 Å². The van der Waals surface area contributed by atoms with Gasteiger partial charge >= 0.3 is 6.18 Å². The molecule has 0 saturated carbocycles. The molecule has 6 heteroatoms. The molecule has 0 atom stereocenters. The second kappa shape index (κ2) is 6.26. The molecular weight excluding hydrogens is 287 g/mol. The van der Waals surface area contributed by atoms with E-state index < -0.39 is 11.7 Å². The SMILES string of the molecule is O=C1C=CN=C(SCCc2ccc(C(F)(F)F)cc2)C1. The van der Waals surface area contributed by atoms with Crippen LogP contribution in [0.2, 0.25) is 0 Å². The molecule has 0 aromatic heterocycles. The van der Waals surface area contributed by atoms with E-state index in [2.05, 4.69) is 4.99 Å². The molecule has 0 amide bonds. The molecule has 0 aliphatic carbocycles. The molecule has 1 aromatic carbocycles. The van der Waals surface area contributed by atoms with Crippen molar-refractivity contribution in [2.24, 2.45) is 4.99 Å². The standard InChI is InChI=1S/C14H12F3NOS/c15-14(16,17)11-3-1-10(2-4-11)6-8-20-13-9-12(19)5-7-18-13/h1-5,7H,6,8-9H2. The Hall–Kier alpha value is -1.56. The summed E-state index contributed by atoms with van der Waals surface area (Å²) in [4.78, 5) is 15.2. The lowest BCUT2D eigenvalue weighted by Crippen LogP contribution is -2.07. The second-order valence-corrected chi connectivity index (χ2v) is 5.44. The van der Waals surface area contributed by atoms with Crippen molar-refractivity contribution in [2.75, 3.05) is 5.75 Å². The second-order valence-electron chi connectivity index (χ2n) is 4.27. The molecule has 0 saturated heterocycles. The van der Waals surface area contributed by atoms with Gasteiger partial charge in [0, 0.05) is 12.0 Å². The number of hydrogen-bond acceptors (Lipinski definition) is 3. The highest BCUT2D eigenvalue weighted by molar-refractivity contribution is 8.14. The minimum atomic E-state index is -4.29. The minimum absolute atomic E-state index is 0.0250. The van der Waals surface area contributed by atoms with Gasteiger partial charge in [-0.05, 0) is 30.2 Å². The average Bonchev–Trinajstić information content (AvgIpc) is 2.38. The van der Waals surface area contributed by atoms with Crippen molar-refractivity contribution in [1.29, 1.82) is 0 Å². The van der Waals surface area contributed by atoms with Gasteiger partial charge in [-0.15, -0.1) is 11.8 Å². The fourth-order valence-corrected chi connectivity index (χ4v) is 2.65. The van der Waals surface area contributed by atoms with Gasteiger partial charge in [-0.1, -0.05) is 12.1 Å². The molecule has 1 heterocycles. The van der Waals surface area contributed by atoms with Gasteiger partial charge in [-0.2, -0.15) is 13.2 Å². The quantitative estimate of drug-likeness (QED) is 0.848. The molecule has 1 aliphatic heterocycles. The molecule has 0 spiro atoms. The minimum Gasteiger partial charge on any atom is -0.294 e. The lowest BCUT2D eigenvalue weighted by atomic mass is 10.1. The van der Waals surface area contributed by atoms with Crippen molar-refractivity contribution in [3.8, 4) is 0 Å². The number of aliphatic imine (C=N–C) groups is 1. The summed E-state index contributed by atoms with van der Waals surface area (Å²) in [5, 5.41) is 0.754. The van der Waals surface area contributed by atoms with Crippen LogP contribution in [-0.2, 0) is 17.4 Å². The van der Waals surface area contributed by atoms with E-state index in [9.17, 15) is 18.0 Å². The van der Waals surface area contributed by atoms with E-state index in [1.165, 1.54) is 36.2 Å². The third-order valence-corrected chi connectivity index (χ3v) is 3.74. The Morgan fingerprint density at radius 3 is 2.50 bits per heavy atom. The van der Waals surface area contributed by atoms with Crippen LogP contribution >= 0.6 is 11.8 Å². The molecule has 2 nitrogen and oxygen atoms in total. The molecule has 2 rings (SSSR count). The maximum Gasteiger partial charge on any atom is 0.416 e. The first kappa shape index (κ1) is 14.8. The molecule has 0 bridgehead atoms. The number of benzene rings is 1. The predicted octanol–water partition coefficient (Wildman–Crippen LogP) is 3.87. The monoisotopic (exact) mass is 299 g/mol. The Morgan fingerprint density at radius 1 is 1.20 bits per heavy atom. The van der Waals surface area contributed by atoms with Crippen LogP contribution in [0.15, 0.2) is 41.5 Å². The molecule has 1 aliphatic rings. The number of rotatable bonds is 3. The van der Waals surface area contributed by atoms with Gasteiger partial charge < -0.3 is 0 Å². The summed E-state index contributed by atoms with van der Waals surface area (Å²) in [6.07, 6.45) is -0.434. The fourth-order valence-electron chi connectivity index (χ4n) is 1.69. The number of carbonyl (C=O) groups is 1. The zero-order valence-corrected chi connectivity index (χ0v) is 11.3. The maximum atomic E-state index is 12.4. The number of alkyl halides is 3. The molecule has 0 unspecified atom stereocenters. The Labute approximate surface area is 118 Å². The maximum absolute atomic E-state index is 12.4. The lowest BCUT2D eigenvalue weighted by Gasteiger charge is -2.08. The number of carbonyl (C=O) groups excluding carboxylic acids is 1. The van der Waals surface area contributed by atoms with Gasteiger partial charge in [0.15, 0.2) is 5.78 Å². The first-order valence-electron chi connectivity index (χ1n) is 6.00. The predicted molar refractivity (Wildman–Crippen MR) is 73.8 cm³/mol. The van der Waals surface area contributed by atoms with Crippen molar-refractivity contribution in [1.82, 2.24) is 0 Å². The van der Waals surface area contributed by atoms with E-state index in [4.69, 9.17) is 0 Å². The summed E-state index contributed by atoms with van der Waals surface area (Å²) in [7, 11) is 0. The zero-order valence-electron chi connectivity index (χ0n) is 10.5. The summed E-state index contributed by atoms with van der Waals surface area (Å²) >= 11 is 1.46. The van der Waals surface area contributed by atoms with Gasteiger partial charge in [-0.25, -0.2) is 0 Å². The van der Waals surface area contributed by atoms with Crippen LogP contribution in [0.4, 0.5) is 13.2 Å². The number of ketones is 1. The summed E-state index contributed by atoms with van der Waals surface area (Å²) in [5.41, 5.74) is 0.199. The molecular formula is C14H12F3NOS. The first-order chi connectivity index (χ1) is 9.45. The van der Waals surface area contributed by atoms with E-state index in [0.29, 0.717) is 18.6 Å². The number of thioether (sulfide) groups is 1. The first-order valence-corrected chi connectivity index (χ1v) is 6.99. The normalized spacial score (nSPS) is 15.3. The third kappa shape index (κ3) is 4.23. The summed E-state index contributed by atoms with van der Waals surface area (Å²) in [6, 6.07) is 5.14. The van der Waals surface area contributed by atoms with Gasteiger partial charge in [-0.3, -0.25) is 9.79 Å². The molecule has 20 heavy (non-hydrogen) atoms. The smallest absolute Gasteiger partial charge is 0.294 e. The van der Waals surface area contributed by atoms with Crippen molar-refractivity contribution in [2.45, 2.75) is 19.0 Å². The van der Waals surface area contributed by atoms with Gasteiger partial charge in [0.25, 0.3) is 0 Å². The topological polar surface area (TPSA) is 29.4 Å². The van der Waals surface area contributed by atoms with Gasteiger partial charge in [0.05, 0.1) is 17.0 Å². The summed E-state index contributed by atoms with van der Waals surface area (Å²) in [5.74, 6) is 0.711. The molecule has 0 radical (unpaired) electrons. The van der Waals surface area contributed by atoms with E-state index in [0.717, 1.165) is 22.7 Å². The number of nitrogens with zero attached hydrogens (tertiary/aromatic N) is 1. The Morgan fingerprint density at radius 2 is 1.90 bits per heavy atom. The Balaban J connectivity index is 1.84. The van der Waals surface area contributed by atoms with Crippen LogP contribution in [0.1, 0.15) is 17.5 Å². The van der Waals surface area contributed by atoms with Gasteiger partial charge in [0.2, 0.25) is 0 Å². The highest BCUT2D eigenvalue weighted by atomic mass is 32.2. The summed E-state index contributed by atoms with van der Waals surface area (Å²) < 4.78 is 37.2. The number of halogens is 3. The van der Waals surface area contributed by atoms with Crippen LogP contribution in [-0.4, -0.2) is 16.6 Å². The third-order valence-electron chi connectivity index (χ3n) is 2.75. The van der Waals surface area contributed by atoms with Crippen molar-refractivity contribution >= 4 is 22.6 Å². The van der Waals surface area contributed by atoms with Crippen molar-refractivity contribution in [3.05, 3.63) is 47.7 Å². The van der Waals surface area contributed by atoms with E-state index in [-0.39, 0.29) is 5.78 Å². The molecule has 0 fully saturated rings. The number of aryl methyl sites for hydroxylation is 1. The largest absolute Gasteiger partial charge is 0.416 e. The van der Waals surface area contributed by atoms with Gasteiger partial charge in [0.1, 0.15) is 0 Å². The van der Waals surface area contributed by atoms with Crippen molar-refractivity contribution < 1.29 is 18.0 Å². The van der Waals surface area contributed by atoms with Crippen LogP contribution < -0.4 is 0 Å². The van der Waals surface area contributed by atoms with Crippen LogP contribution in [0.25, 0.3) is 0 Å². The van der Waals surface area contributed by atoms with Crippen LogP contribution in [0, 0.1) is 0 Å². The highest BCUT2D eigenvalue weighted by Crippen LogP contribution is 2.29. The molecule has 1 aromatic rings. The Bertz CT molecular complexity index is 547. The van der Waals surface area contributed by atoms with Crippen LogP contribution in [0.5, 0.6) is 0 Å². The lowest BCUT2D eigenvalue weighted by molar-refractivity contribution is -0.137. The molecule has 0 N–H and O–H groups in total. The zero-order chi connectivity index (χ0) is 14.6. The average molecular weight is 299 g/mol. The van der Waals surface area contributed by atoms with Crippen molar-refractivity contribution in [3.63, 3.8) is 0 Å². The van der Waals surface area contributed by atoms with E-state index in [1.54, 1.807) is 0 Å². The Kier molecular flexibility index (Phi) is 4.65. The van der Waals surface area contributed by atoms with E-state index in [1.807, 2.05) is 0 Å². The van der Waals surface area contributed by atoms with Crippen LogP contribution in [0.3, 0.4) is 0 Å². The fraction of sp³-hybridized carbons (Fsp3) is 0.286. The molecule has 106 valence electrons. The number of hydrogen-bond donors (Lipinski definition) is 0.